The molecule has 0 aliphatic heterocycles. The van der Waals surface area contributed by atoms with Crippen LogP contribution in [0.1, 0.15) is 5.56 Å². The third-order valence-corrected chi connectivity index (χ3v) is 6.76. The highest BCUT2D eigenvalue weighted by Crippen LogP contribution is 2.35. The highest BCUT2D eigenvalue weighted by atomic mass is 35.5. The van der Waals surface area contributed by atoms with Crippen LogP contribution in [0, 0.1) is 5.82 Å². The molecule has 0 spiro atoms. The standard InChI is InChI=1S/C26H22ClFN4O4S/c1-32(2)16-30-37(34,35)24-15-19(31-25(33)13-17-5-3-4-6-23(17)27)14-22-21(24)11-12-29-26(22)36-20-9-7-18(28)8-10-20/h3-12,14-16H,13H2,1-2H3,(H,31,33). The first kappa shape index (κ1) is 26.1. The van der Waals surface area contributed by atoms with Crippen molar-refractivity contribution in [3.8, 4) is 11.6 Å². The van der Waals surface area contributed by atoms with Crippen LogP contribution in [-0.2, 0) is 21.2 Å². The van der Waals surface area contributed by atoms with Gasteiger partial charge < -0.3 is 15.0 Å². The highest BCUT2D eigenvalue weighted by Gasteiger charge is 2.21. The van der Waals surface area contributed by atoms with Crippen molar-refractivity contribution in [1.82, 2.24) is 9.88 Å². The van der Waals surface area contributed by atoms with Gasteiger partial charge in [-0.2, -0.15) is 8.42 Å². The van der Waals surface area contributed by atoms with E-state index in [1.807, 2.05) is 0 Å². The molecule has 37 heavy (non-hydrogen) atoms. The lowest BCUT2D eigenvalue weighted by Gasteiger charge is -2.14. The first-order valence-electron chi connectivity index (χ1n) is 11.0. The normalized spacial score (nSPS) is 11.6. The summed E-state index contributed by atoms with van der Waals surface area (Å²) in [7, 11) is -0.899. The Bertz CT molecular complexity index is 1590. The predicted molar refractivity (Wildman–Crippen MR) is 141 cm³/mol. The molecule has 11 heteroatoms. The molecule has 8 nitrogen and oxygen atoms in total. The van der Waals surface area contributed by atoms with Crippen LogP contribution >= 0.6 is 11.6 Å². The number of nitrogens with zero attached hydrogens (tertiary/aromatic N) is 3. The number of ether oxygens (including phenoxy) is 1. The molecule has 1 aromatic heterocycles. The Balaban J connectivity index is 1.80. The summed E-state index contributed by atoms with van der Waals surface area (Å²) in [6.45, 7) is 0. The van der Waals surface area contributed by atoms with Crippen LogP contribution in [0.2, 0.25) is 5.02 Å². The van der Waals surface area contributed by atoms with Crippen LogP contribution < -0.4 is 10.1 Å². The van der Waals surface area contributed by atoms with Crippen LogP contribution in [-0.4, -0.2) is 44.6 Å². The number of anilines is 1. The van der Waals surface area contributed by atoms with Crippen molar-refractivity contribution in [2.75, 3.05) is 19.4 Å². The maximum absolute atomic E-state index is 13.3. The van der Waals surface area contributed by atoms with E-state index in [2.05, 4.69) is 14.7 Å². The second-order valence-corrected chi connectivity index (χ2v) is 10.2. The predicted octanol–water partition coefficient (Wildman–Crippen LogP) is 5.28. The molecule has 3 aromatic carbocycles. The van der Waals surface area contributed by atoms with E-state index in [1.54, 1.807) is 44.4 Å². The van der Waals surface area contributed by atoms with Crippen molar-refractivity contribution in [1.29, 1.82) is 0 Å². The number of hydrogen-bond acceptors (Lipinski definition) is 5. The Hall–Kier alpha value is -4.02. The highest BCUT2D eigenvalue weighted by molar-refractivity contribution is 7.90. The minimum absolute atomic E-state index is 0.0233. The molecular formula is C26H22ClFN4O4S. The molecule has 0 aliphatic rings. The number of carbonyl (C=O) groups excluding carboxylic acids is 1. The van der Waals surface area contributed by atoms with Gasteiger partial charge in [0, 0.05) is 41.8 Å². The molecule has 0 unspecified atom stereocenters. The van der Waals surface area contributed by atoms with Crippen LogP contribution in [0.15, 0.2) is 82.2 Å². The first-order chi connectivity index (χ1) is 17.6. The van der Waals surface area contributed by atoms with Crippen molar-refractivity contribution < 1.29 is 22.3 Å². The average molecular weight is 541 g/mol. The molecule has 0 saturated carbocycles. The molecule has 190 valence electrons. The Labute approximate surface area is 218 Å². The van der Waals surface area contributed by atoms with E-state index in [9.17, 15) is 17.6 Å². The third kappa shape index (κ3) is 6.41. The lowest BCUT2D eigenvalue weighted by molar-refractivity contribution is -0.115. The summed E-state index contributed by atoms with van der Waals surface area (Å²) in [6.07, 6.45) is 2.54. The van der Waals surface area contributed by atoms with Crippen LogP contribution in [0.5, 0.6) is 11.6 Å². The zero-order chi connectivity index (χ0) is 26.6. The molecule has 0 saturated heterocycles. The van der Waals surface area contributed by atoms with Gasteiger partial charge in [0.25, 0.3) is 10.0 Å². The fourth-order valence-electron chi connectivity index (χ4n) is 3.44. The van der Waals surface area contributed by atoms with Gasteiger partial charge in [-0.05, 0) is 54.1 Å². The van der Waals surface area contributed by atoms with Gasteiger partial charge in [-0.25, -0.2) is 9.37 Å². The Kier molecular flexibility index (Phi) is 7.70. The zero-order valence-electron chi connectivity index (χ0n) is 19.9. The minimum Gasteiger partial charge on any atom is -0.438 e. The second kappa shape index (κ2) is 10.9. The van der Waals surface area contributed by atoms with Gasteiger partial charge in [-0.1, -0.05) is 29.8 Å². The number of benzene rings is 3. The number of halogens is 2. The molecule has 0 atom stereocenters. The van der Waals surface area contributed by atoms with Gasteiger partial charge >= 0.3 is 0 Å². The minimum atomic E-state index is -4.18. The molecule has 1 N–H and O–H groups in total. The topological polar surface area (TPSA) is 101 Å². The number of rotatable bonds is 8. The van der Waals surface area contributed by atoms with Crippen LogP contribution in [0.25, 0.3) is 10.8 Å². The zero-order valence-corrected chi connectivity index (χ0v) is 21.4. The van der Waals surface area contributed by atoms with E-state index in [4.69, 9.17) is 16.3 Å². The SMILES string of the molecule is CN(C)C=NS(=O)(=O)c1cc(NC(=O)Cc2ccccc2Cl)cc2c(Oc3ccc(F)cc3)nccc12. The Morgan fingerprint density at radius 3 is 2.54 bits per heavy atom. The van der Waals surface area contributed by atoms with E-state index < -0.39 is 21.7 Å². The molecule has 4 rings (SSSR count). The number of pyridine rings is 1. The van der Waals surface area contributed by atoms with Crippen LogP contribution in [0.4, 0.5) is 10.1 Å². The number of carbonyl (C=O) groups is 1. The largest absolute Gasteiger partial charge is 0.438 e. The molecule has 0 fully saturated rings. The fourth-order valence-corrected chi connectivity index (χ4v) is 4.80. The summed E-state index contributed by atoms with van der Waals surface area (Å²) in [6, 6.07) is 16.6. The first-order valence-corrected chi connectivity index (χ1v) is 12.8. The van der Waals surface area contributed by atoms with Crippen molar-refractivity contribution in [3.63, 3.8) is 0 Å². The molecule has 1 heterocycles. The molecule has 1 amide bonds. The lowest BCUT2D eigenvalue weighted by atomic mass is 10.1. The molecule has 4 aromatic rings. The second-order valence-electron chi connectivity index (χ2n) is 8.22. The van der Waals surface area contributed by atoms with Crippen molar-refractivity contribution in [3.05, 3.63) is 89.3 Å². The van der Waals surface area contributed by atoms with Gasteiger partial charge in [0.05, 0.1) is 11.3 Å². The van der Waals surface area contributed by atoms with E-state index in [0.717, 1.165) is 0 Å². The summed E-state index contributed by atoms with van der Waals surface area (Å²) < 4.78 is 49.3. The number of amides is 1. The third-order valence-electron chi connectivity index (χ3n) is 5.12. The monoisotopic (exact) mass is 540 g/mol. The Morgan fingerprint density at radius 1 is 1.11 bits per heavy atom. The van der Waals surface area contributed by atoms with Gasteiger partial charge in [0.1, 0.15) is 17.9 Å². The van der Waals surface area contributed by atoms with E-state index in [0.29, 0.717) is 21.7 Å². The van der Waals surface area contributed by atoms with E-state index in [1.165, 1.54) is 53.8 Å². The lowest BCUT2D eigenvalue weighted by Crippen LogP contribution is -2.15. The van der Waals surface area contributed by atoms with Crippen molar-refractivity contribution in [2.24, 2.45) is 4.40 Å². The summed E-state index contributed by atoms with van der Waals surface area (Å²) in [5.41, 5.74) is 0.813. The maximum Gasteiger partial charge on any atom is 0.284 e. The number of hydrogen-bond donors (Lipinski definition) is 1. The number of fused-ring (bicyclic) bond motifs is 1. The van der Waals surface area contributed by atoms with E-state index >= 15 is 0 Å². The maximum atomic E-state index is 13.3. The van der Waals surface area contributed by atoms with Gasteiger partial charge in [0.2, 0.25) is 11.8 Å². The summed E-state index contributed by atoms with van der Waals surface area (Å²) in [4.78, 5) is 18.4. The van der Waals surface area contributed by atoms with Gasteiger partial charge in [0.15, 0.2) is 0 Å². The summed E-state index contributed by atoms with van der Waals surface area (Å²) >= 11 is 6.17. The van der Waals surface area contributed by atoms with E-state index in [-0.39, 0.29) is 28.3 Å². The van der Waals surface area contributed by atoms with Crippen molar-refractivity contribution >= 4 is 50.3 Å². The molecular weight excluding hydrogens is 519 g/mol. The smallest absolute Gasteiger partial charge is 0.284 e. The number of aromatic nitrogens is 1. The quantitative estimate of drug-likeness (QED) is 0.241. The van der Waals surface area contributed by atoms with Crippen molar-refractivity contribution in [2.45, 2.75) is 11.3 Å². The number of sulfonamides is 1. The van der Waals surface area contributed by atoms with Gasteiger partial charge in [-0.3, -0.25) is 4.79 Å². The average Bonchev–Trinajstić information content (AvgIpc) is 2.85. The molecule has 0 radical (unpaired) electrons. The fraction of sp³-hybridized carbons (Fsp3) is 0.115. The molecule has 0 aliphatic carbocycles. The number of nitrogens with one attached hydrogen (secondary N) is 1. The van der Waals surface area contributed by atoms with Gasteiger partial charge in [-0.15, -0.1) is 4.40 Å². The summed E-state index contributed by atoms with van der Waals surface area (Å²) in [5, 5.41) is 3.76. The summed E-state index contributed by atoms with van der Waals surface area (Å²) in [5.74, 6) is -0.477. The Morgan fingerprint density at radius 2 is 1.84 bits per heavy atom. The molecule has 0 bridgehead atoms. The van der Waals surface area contributed by atoms with Crippen LogP contribution in [0.3, 0.4) is 0 Å².